The molecule has 0 atom stereocenters. The maximum absolute atomic E-state index is 12.9. The fourth-order valence-electron chi connectivity index (χ4n) is 4.71. The molecule has 1 aromatic heterocycles. The van der Waals surface area contributed by atoms with Crippen molar-refractivity contribution in [3.05, 3.63) is 92.9 Å². The largest absolute Gasteiger partial charge is 0.465 e. The lowest BCUT2D eigenvalue weighted by atomic mass is 9.97. The number of nitrogens with one attached hydrogen (secondary N) is 1. The Kier molecular flexibility index (Phi) is 5.01. The SMILES string of the molecule is COC(=O)c1c[nH]c(=O)c2c1CCN(C(=O)OCC1c3ccccc3-c3ccccc31)C2. The summed E-state index contributed by atoms with van der Waals surface area (Å²) in [6.45, 7) is 0.665. The van der Waals surface area contributed by atoms with Crippen molar-refractivity contribution in [3.8, 4) is 11.1 Å². The van der Waals surface area contributed by atoms with Crippen LogP contribution in [0.3, 0.4) is 0 Å². The number of aromatic amines is 1. The number of nitrogens with zero attached hydrogens (tertiary/aromatic N) is 1. The molecule has 162 valence electrons. The van der Waals surface area contributed by atoms with Crippen LogP contribution in [0.2, 0.25) is 0 Å². The average molecular weight is 430 g/mol. The van der Waals surface area contributed by atoms with Crippen molar-refractivity contribution >= 4 is 12.1 Å². The summed E-state index contributed by atoms with van der Waals surface area (Å²) in [6, 6.07) is 16.3. The van der Waals surface area contributed by atoms with Gasteiger partial charge in [0.05, 0.1) is 19.2 Å². The van der Waals surface area contributed by atoms with E-state index in [9.17, 15) is 14.4 Å². The van der Waals surface area contributed by atoms with Crippen LogP contribution in [-0.4, -0.2) is 42.2 Å². The smallest absolute Gasteiger partial charge is 0.410 e. The number of benzene rings is 2. The van der Waals surface area contributed by atoms with E-state index in [1.54, 1.807) is 0 Å². The third kappa shape index (κ3) is 3.26. The van der Waals surface area contributed by atoms with Crippen molar-refractivity contribution in [3.63, 3.8) is 0 Å². The van der Waals surface area contributed by atoms with Gasteiger partial charge in [0.1, 0.15) is 6.61 Å². The van der Waals surface area contributed by atoms with Gasteiger partial charge in [-0.3, -0.25) is 4.79 Å². The molecule has 7 heteroatoms. The molecule has 1 aliphatic heterocycles. The predicted octanol–water partition coefficient (Wildman–Crippen LogP) is 3.47. The van der Waals surface area contributed by atoms with Crippen LogP contribution in [0.25, 0.3) is 11.1 Å². The highest BCUT2D eigenvalue weighted by atomic mass is 16.6. The van der Waals surface area contributed by atoms with E-state index >= 15 is 0 Å². The predicted molar refractivity (Wildman–Crippen MR) is 118 cm³/mol. The molecule has 2 heterocycles. The summed E-state index contributed by atoms with van der Waals surface area (Å²) in [4.78, 5) is 41.3. The van der Waals surface area contributed by atoms with Gasteiger partial charge in [-0.25, -0.2) is 9.59 Å². The quantitative estimate of drug-likeness (QED) is 0.643. The second-order valence-corrected chi connectivity index (χ2v) is 7.96. The van der Waals surface area contributed by atoms with E-state index in [-0.39, 0.29) is 24.6 Å². The van der Waals surface area contributed by atoms with Crippen LogP contribution in [-0.2, 0) is 22.4 Å². The Bertz CT molecular complexity index is 1230. The zero-order valence-electron chi connectivity index (χ0n) is 17.6. The molecular formula is C25H22N2O5. The molecule has 1 N–H and O–H groups in total. The van der Waals surface area contributed by atoms with E-state index in [0.717, 1.165) is 22.3 Å². The first-order chi connectivity index (χ1) is 15.6. The fraction of sp³-hybridized carbons (Fsp3) is 0.240. The summed E-state index contributed by atoms with van der Waals surface area (Å²) in [5, 5.41) is 0. The average Bonchev–Trinajstić information content (AvgIpc) is 3.16. The summed E-state index contributed by atoms with van der Waals surface area (Å²) >= 11 is 0. The van der Waals surface area contributed by atoms with Gasteiger partial charge in [0.25, 0.3) is 5.56 Å². The first-order valence-corrected chi connectivity index (χ1v) is 10.5. The normalized spacial score (nSPS) is 14.3. The van der Waals surface area contributed by atoms with Crippen molar-refractivity contribution in [2.45, 2.75) is 18.9 Å². The van der Waals surface area contributed by atoms with Crippen LogP contribution >= 0.6 is 0 Å². The Balaban J connectivity index is 1.34. The Morgan fingerprint density at radius 1 is 1.03 bits per heavy atom. The number of esters is 1. The summed E-state index contributed by atoms with van der Waals surface area (Å²) in [6.07, 6.45) is 1.28. The van der Waals surface area contributed by atoms with Gasteiger partial charge in [-0.1, -0.05) is 48.5 Å². The Morgan fingerprint density at radius 2 is 1.69 bits per heavy atom. The molecule has 3 aromatic rings. The molecule has 5 rings (SSSR count). The summed E-state index contributed by atoms with van der Waals surface area (Å²) in [5.41, 5.74) is 5.65. The number of rotatable bonds is 3. The molecule has 32 heavy (non-hydrogen) atoms. The van der Waals surface area contributed by atoms with Crippen LogP contribution in [0.4, 0.5) is 4.79 Å². The molecule has 1 aliphatic carbocycles. The highest BCUT2D eigenvalue weighted by molar-refractivity contribution is 5.91. The Labute approximate surface area is 184 Å². The van der Waals surface area contributed by atoms with E-state index in [2.05, 4.69) is 29.2 Å². The van der Waals surface area contributed by atoms with E-state index in [1.807, 2.05) is 24.3 Å². The van der Waals surface area contributed by atoms with Crippen molar-refractivity contribution in [1.29, 1.82) is 0 Å². The number of hydrogen-bond acceptors (Lipinski definition) is 5. The lowest BCUT2D eigenvalue weighted by Crippen LogP contribution is -2.40. The number of ether oxygens (including phenoxy) is 2. The number of amides is 1. The molecule has 7 nitrogen and oxygen atoms in total. The van der Waals surface area contributed by atoms with Crippen LogP contribution in [0.15, 0.2) is 59.5 Å². The molecule has 0 saturated carbocycles. The molecule has 1 amide bonds. The molecule has 2 aliphatic rings. The van der Waals surface area contributed by atoms with Gasteiger partial charge in [-0.15, -0.1) is 0 Å². The Hall–Kier alpha value is -3.87. The fourth-order valence-corrected chi connectivity index (χ4v) is 4.71. The van der Waals surface area contributed by atoms with Gasteiger partial charge in [-0.2, -0.15) is 0 Å². The number of methoxy groups -OCH3 is 1. The van der Waals surface area contributed by atoms with Gasteiger partial charge < -0.3 is 19.4 Å². The van der Waals surface area contributed by atoms with E-state index < -0.39 is 12.1 Å². The summed E-state index contributed by atoms with van der Waals surface area (Å²) in [7, 11) is 1.30. The number of hydrogen-bond donors (Lipinski definition) is 1. The molecular weight excluding hydrogens is 408 g/mol. The monoisotopic (exact) mass is 430 g/mol. The van der Waals surface area contributed by atoms with Gasteiger partial charge in [0, 0.05) is 24.2 Å². The zero-order chi connectivity index (χ0) is 22.2. The van der Waals surface area contributed by atoms with E-state index in [4.69, 9.17) is 9.47 Å². The molecule has 0 radical (unpaired) electrons. The minimum atomic E-state index is -0.507. The van der Waals surface area contributed by atoms with Gasteiger partial charge in [0.15, 0.2) is 0 Å². The topological polar surface area (TPSA) is 88.7 Å². The molecule has 0 spiro atoms. The zero-order valence-corrected chi connectivity index (χ0v) is 17.6. The maximum atomic E-state index is 12.9. The molecule has 0 fully saturated rings. The van der Waals surface area contributed by atoms with Crippen LogP contribution in [0.1, 0.15) is 38.5 Å². The third-order valence-electron chi connectivity index (χ3n) is 6.29. The van der Waals surface area contributed by atoms with Crippen LogP contribution in [0.5, 0.6) is 0 Å². The third-order valence-corrected chi connectivity index (χ3v) is 6.29. The number of carbonyl (C=O) groups is 2. The highest BCUT2D eigenvalue weighted by Gasteiger charge is 2.31. The maximum Gasteiger partial charge on any atom is 0.410 e. The van der Waals surface area contributed by atoms with Gasteiger partial charge in [-0.05, 0) is 34.2 Å². The van der Waals surface area contributed by atoms with Crippen LogP contribution < -0.4 is 5.56 Å². The summed E-state index contributed by atoms with van der Waals surface area (Å²) in [5.74, 6) is -0.537. The minimum absolute atomic E-state index is 0.0299. The second kappa shape index (κ2) is 8.00. The van der Waals surface area contributed by atoms with Crippen molar-refractivity contribution in [2.75, 3.05) is 20.3 Å². The minimum Gasteiger partial charge on any atom is -0.465 e. The highest BCUT2D eigenvalue weighted by Crippen LogP contribution is 2.44. The summed E-state index contributed by atoms with van der Waals surface area (Å²) < 4.78 is 10.5. The standard InChI is InChI=1S/C25H22N2O5/c1-31-24(29)20-12-26-23(28)21-13-27(11-10-19(20)21)25(30)32-14-22-17-8-4-2-6-15(17)16-7-3-5-9-18(16)22/h2-9,12,22H,10-11,13-14H2,1H3,(H,26,28). The van der Waals surface area contributed by atoms with Crippen molar-refractivity contribution in [1.82, 2.24) is 9.88 Å². The lowest BCUT2D eigenvalue weighted by molar-refractivity contribution is 0.0597. The molecule has 2 aromatic carbocycles. The number of H-pyrrole nitrogens is 1. The second-order valence-electron chi connectivity index (χ2n) is 7.96. The molecule has 0 bridgehead atoms. The van der Waals surface area contributed by atoms with E-state index in [1.165, 1.54) is 18.2 Å². The van der Waals surface area contributed by atoms with Crippen molar-refractivity contribution in [2.24, 2.45) is 0 Å². The van der Waals surface area contributed by atoms with Crippen LogP contribution in [0, 0.1) is 0 Å². The molecule has 0 saturated heterocycles. The molecule has 0 unspecified atom stereocenters. The Morgan fingerprint density at radius 3 is 2.34 bits per heavy atom. The number of fused-ring (bicyclic) bond motifs is 4. The first-order valence-electron chi connectivity index (χ1n) is 10.5. The number of aromatic nitrogens is 1. The lowest BCUT2D eigenvalue weighted by Gasteiger charge is -2.29. The van der Waals surface area contributed by atoms with Gasteiger partial charge >= 0.3 is 12.1 Å². The van der Waals surface area contributed by atoms with Gasteiger partial charge in [0.2, 0.25) is 0 Å². The van der Waals surface area contributed by atoms with E-state index in [0.29, 0.717) is 29.7 Å². The number of pyridine rings is 1. The first kappa shape index (κ1) is 20.1. The number of carbonyl (C=O) groups excluding carboxylic acids is 2. The van der Waals surface area contributed by atoms with Crippen molar-refractivity contribution < 1.29 is 19.1 Å².